The molecule has 23 heavy (non-hydrogen) atoms. The molecule has 3 nitrogen and oxygen atoms in total. The minimum absolute atomic E-state index is 0.166. The van der Waals surface area contributed by atoms with Crippen LogP contribution in [0.25, 0.3) is 17.0 Å². The van der Waals surface area contributed by atoms with E-state index in [0.717, 1.165) is 28.5 Å². The average Bonchev–Trinajstić information content (AvgIpc) is 2.98. The molecule has 0 amide bonds. The third kappa shape index (κ3) is 2.93. The average molecular weight is 301 g/mol. The molecule has 3 heteroatoms. The van der Waals surface area contributed by atoms with Crippen LogP contribution in [-0.4, -0.2) is 5.78 Å². The molecule has 0 atom stereocenters. The van der Waals surface area contributed by atoms with Gasteiger partial charge in [0.15, 0.2) is 5.76 Å². The minimum Gasteiger partial charge on any atom is -0.452 e. The maximum atomic E-state index is 12.5. The lowest BCUT2D eigenvalue weighted by atomic mass is 10.1. The zero-order chi connectivity index (χ0) is 16.2. The van der Waals surface area contributed by atoms with Crippen LogP contribution in [0.3, 0.4) is 0 Å². The number of hydrogen-bond acceptors (Lipinski definition) is 3. The van der Waals surface area contributed by atoms with E-state index in [2.05, 4.69) is 6.07 Å². The molecule has 0 unspecified atom stereocenters. The largest absolute Gasteiger partial charge is 0.452 e. The molecule has 2 aromatic carbocycles. The van der Waals surface area contributed by atoms with Crippen molar-refractivity contribution in [1.82, 2.24) is 0 Å². The van der Waals surface area contributed by atoms with Gasteiger partial charge in [0, 0.05) is 10.9 Å². The van der Waals surface area contributed by atoms with Gasteiger partial charge in [-0.05, 0) is 36.3 Å². The van der Waals surface area contributed by atoms with Crippen molar-refractivity contribution in [3.63, 3.8) is 0 Å². The van der Waals surface area contributed by atoms with Gasteiger partial charge >= 0.3 is 0 Å². The number of nitrogens with zero attached hydrogens (tertiary/aromatic N) is 1. The maximum Gasteiger partial charge on any atom is 0.221 e. The fraction of sp³-hybridized carbons (Fsp3) is 0.100. The zero-order valence-corrected chi connectivity index (χ0v) is 12.7. The van der Waals surface area contributed by atoms with E-state index in [1.54, 1.807) is 24.3 Å². The smallest absolute Gasteiger partial charge is 0.221 e. The van der Waals surface area contributed by atoms with E-state index in [1.807, 2.05) is 37.3 Å². The molecular formula is C20H15NO2. The van der Waals surface area contributed by atoms with Crippen molar-refractivity contribution in [2.24, 2.45) is 0 Å². The number of ketones is 1. The predicted octanol–water partition coefficient (Wildman–Crippen LogP) is 4.76. The molecule has 0 aliphatic carbocycles. The van der Waals surface area contributed by atoms with Crippen molar-refractivity contribution in [1.29, 1.82) is 5.26 Å². The van der Waals surface area contributed by atoms with Crippen molar-refractivity contribution in [3.8, 4) is 6.07 Å². The van der Waals surface area contributed by atoms with Gasteiger partial charge in [-0.15, -0.1) is 0 Å². The van der Waals surface area contributed by atoms with Crippen molar-refractivity contribution >= 4 is 22.8 Å². The molecule has 0 N–H and O–H groups in total. The molecule has 0 radical (unpaired) electrons. The van der Waals surface area contributed by atoms with Crippen LogP contribution >= 0.6 is 0 Å². The van der Waals surface area contributed by atoms with E-state index in [9.17, 15) is 4.79 Å². The molecule has 112 valence electrons. The summed E-state index contributed by atoms with van der Waals surface area (Å²) >= 11 is 0. The molecule has 0 aliphatic rings. The molecule has 0 fully saturated rings. The Morgan fingerprint density at radius 3 is 2.83 bits per heavy atom. The monoisotopic (exact) mass is 301 g/mol. The standard InChI is InChI=1S/C20H15NO2/c1-2-16-17-8-3-4-9-19(17)23-20(16)18(22)11-10-14-6-5-7-15(12-14)13-21/h3-12H,2H2,1H3/b11-10+. The summed E-state index contributed by atoms with van der Waals surface area (Å²) in [6.45, 7) is 2.01. The first-order valence-corrected chi connectivity index (χ1v) is 7.46. The molecule has 3 aromatic rings. The van der Waals surface area contributed by atoms with E-state index in [1.165, 1.54) is 6.08 Å². The molecule has 0 aliphatic heterocycles. The summed E-state index contributed by atoms with van der Waals surface area (Å²) in [4.78, 5) is 12.5. The lowest BCUT2D eigenvalue weighted by molar-refractivity contribution is 0.102. The highest BCUT2D eigenvalue weighted by atomic mass is 16.3. The summed E-state index contributed by atoms with van der Waals surface area (Å²) in [7, 11) is 0. The number of aryl methyl sites for hydroxylation is 1. The van der Waals surface area contributed by atoms with Crippen molar-refractivity contribution < 1.29 is 9.21 Å². The number of furan rings is 1. The first kappa shape index (κ1) is 14.8. The summed E-state index contributed by atoms with van der Waals surface area (Å²) in [6, 6.07) is 16.9. The number of fused-ring (bicyclic) bond motifs is 1. The first-order valence-electron chi connectivity index (χ1n) is 7.46. The Balaban J connectivity index is 1.94. The zero-order valence-electron chi connectivity index (χ0n) is 12.7. The Bertz CT molecular complexity index is 942. The molecule has 3 rings (SSSR count). The predicted molar refractivity (Wildman–Crippen MR) is 90.1 cm³/mol. The third-order valence-electron chi connectivity index (χ3n) is 3.72. The highest BCUT2D eigenvalue weighted by Crippen LogP contribution is 2.27. The minimum atomic E-state index is -0.166. The van der Waals surface area contributed by atoms with E-state index in [4.69, 9.17) is 9.68 Å². The second-order valence-corrected chi connectivity index (χ2v) is 5.19. The molecule has 1 aromatic heterocycles. The van der Waals surface area contributed by atoms with Gasteiger partial charge in [-0.25, -0.2) is 0 Å². The normalized spacial score (nSPS) is 11.0. The number of hydrogen-bond donors (Lipinski definition) is 0. The fourth-order valence-corrected chi connectivity index (χ4v) is 2.61. The Hall–Kier alpha value is -3.12. The number of carbonyl (C=O) groups excluding carboxylic acids is 1. The van der Waals surface area contributed by atoms with Crippen LogP contribution in [0, 0.1) is 11.3 Å². The van der Waals surface area contributed by atoms with E-state index >= 15 is 0 Å². The summed E-state index contributed by atoms with van der Waals surface area (Å²) in [5.74, 6) is 0.224. The number of benzene rings is 2. The van der Waals surface area contributed by atoms with Gasteiger partial charge < -0.3 is 4.42 Å². The summed E-state index contributed by atoms with van der Waals surface area (Å²) < 4.78 is 5.73. The van der Waals surface area contributed by atoms with Crippen molar-refractivity contribution in [2.75, 3.05) is 0 Å². The Morgan fingerprint density at radius 1 is 1.22 bits per heavy atom. The van der Waals surface area contributed by atoms with Crippen LogP contribution in [0.15, 0.2) is 59.0 Å². The summed E-state index contributed by atoms with van der Waals surface area (Å²) in [5, 5.41) is 9.89. The molecule has 0 saturated carbocycles. The number of para-hydroxylation sites is 1. The fourth-order valence-electron chi connectivity index (χ4n) is 2.61. The highest BCUT2D eigenvalue weighted by molar-refractivity contribution is 6.08. The Labute approximate surface area is 134 Å². The topological polar surface area (TPSA) is 54.0 Å². The summed E-state index contributed by atoms with van der Waals surface area (Å²) in [6.07, 6.45) is 3.93. The molecule has 1 heterocycles. The second kappa shape index (κ2) is 6.33. The summed E-state index contributed by atoms with van der Waals surface area (Å²) in [5.41, 5.74) is 3.04. The molecular weight excluding hydrogens is 286 g/mol. The van der Waals surface area contributed by atoms with Crippen LogP contribution in [0.5, 0.6) is 0 Å². The number of rotatable bonds is 4. The van der Waals surface area contributed by atoms with Crippen LogP contribution in [0.1, 0.15) is 34.2 Å². The van der Waals surface area contributed by atoms with Gasteiger partial charge in [0.1, 0.15) is 5.58 Å². The van der Waals surface area contributed by atoms with Gasteiger partial charge in [0.2, 0.25) is 5.78 Å². The SMILES string of the molecule is CCc1c(C(=O)/C=C/c2cccc(C#N)c2)oc2ccccc12. The van der Waals surface area contributed by atoms with E-state index in [0.29, 0.717) is 11.3 Å². The molecule has 0 bridgehead atoms. The van der Waals surface area contributed by atoms with Gasteiger partial charge in [-0.1, -0.05) is 43.3 Å². The van der Waals surface area contributed by atoms with Crippen LogP contribution in [0.4, 0.5) is 0 Å². The van der Waals surface area contributed by atoms with Crippen LogP contribution < -0.4 is 0 Å². The number of allylic oxidation sites excluding steroid dienone is 1. The second-order valence-electron chi connectivity index (χ2n) is 5.19. The van der Waals surface area contributed by atoms with Gasteiger partial charge in [0.25, 0.3) is 0 Å². The Morgan fingerprint density at radius 2 is 2.04 bits per heavy atom. The van der Waals surface area contributed by atoms with Crippen molar-refractivity contribution in [2.45, 2.75) is 13.3 Å². The van der Waals surface area contributed by atoms with Gasteiger partial charge in [-0.2, -0.15) is 5.26 Å². The van der Waals surface area contributed by atoms with E-state index in [-0.39, 0.29) is 5.78 Å². The number of nitriles is 1. The van der Waals surface area contributed by atoms with Gasteiger partial charge in [0.05, 0.1) is 11.6 Å². The van der Waals surface area contributed by atoms with Gasteiger partial charge in [-0.3, -0.25) is 4.79 Å². The molecule has 0 saturated heterocycles. The van der Waals surface area contributed by atoms with Crippen LogP contribution in [0.2, 0.25) is 0 Å². The maximum absolute atomic E-state index is 12.5. The first-order chi connectivity index (χ1) is 11.2. The van der Waals surface area contributed by atoms with Crippen molar-refractivity contribution in [3.05, 3.63) is 77.1 Å². The lowest BCUT2D eigenvalue weighted by Crippen LogP contribution is -1.96. The van der Waals surface area contributed by atoms with E-state index < -0.39 is 0 Å². The van der Waals surface area contributed by atoms with Crippen LogP contribution in [-0.2, 0) is 6.42 Å². The Kier molecular flexibility index (Phi) is 4.07. The molecule has 0 spiro atoms. The third-order valence-corrected chi connectivity index (χ3v) is 3.72. The quantitative estimate of drug-likeness (QED) is 0.515. The highest BCUT2D eigenvalue weighted by Gasteiger charge is 2.16. The number of carbonyl (C=O) groups is 1. The lowest BCUT2D eigenvalue weighted by Gasteiger charge is -1.96.